The van der Waals surface area contributed by atoms with Crippen molar-refractivity contribution in [2.24, 2.45) is 0 Å². The summed E-state index contributed by atoms with van der Waals surface area (Å²) < 4.78 is 5.02. The second-order valence-electron chi connectivity index (χ2n) is 17.2. The first-order valence-corrected chi connectivity index (χ1v) is 23.7. The van der Waals surface area contributed by atoms with Gasteiger partial charge in [-0.25, -0.2) is 0 Å². The largest absolute Gasteiger partial charge is 0.311 e. The molecule has 0 aliphatic rings. The van der Waals surface area contributed by atoms with Gasteiger partial charge in [-0.3, -0.25) is 0 Å². The Bertz CT molecular complexity index is 3880. The van der Waals surface area contributed by atoms with Crippen LogP contribution in [0, 0.1) is 0 Å². The molecule has 11 aromatic carbocycles. The zero-order valence-electron chi connectivity index (χ0n) is 36.6. The third-order valence-corrected chi connectivity index (χ3v) is 14.7. The Hall–Kier alpha value is -8.50. The number of fused-ring (bicyclic) bond motifs is 7. The van der Waals surface area contributed by atoms with E-state index in [1.165, 1.54) is 97.3 Å². The van der Waals surface area contributed by atoms with Crippen molar-refractivity contribution >= 4 is 81.1 Å². The van der Waals surface area contributed by atoms with Gasteiger partial charge in [0.2, 0.25) is 0 Å². The predicted molar refractivity (Wildman–Crippen MR) is 288 cm³/mol. The van der Waals surface area contributed by atoms with Crippen molar-refractivity contribution in [3.63, 3.8) is 0 Å². The monoisotopic (exact) mass is 870 g/mol. The quantitative estimate of drug-likeness (QED) is 0.148. The molecule has 314 valence electrons. The fraction of sp³-hybridized carbons (Fsp3) is 0. The summed E-state index contributed by atoms with van der Waals surface area (Å²) in [5.41, 5.74) is 16.6. The molecule has 0 fully saturated rings. The van der Waals surface area contributed by atoms with Gasteiger partial charge in [0, 0.05) is 53.7 Å². The lowest BCUT2D eigenvalue weighted by atomic mass is 9.91. The van der Waals surface area contributed by atoms with Gasteiger partial charge in [0.15, 0.2) is 0 Å². The highest BCUT2D eigenvalue weighted by Gasteiger charge is 2.17. The standard InChI is InChI=1S/C64H42N2S/c1-2-13-45(14-3-1)53-20-10-15-48-16-11-21-54(63(48)53)46-31-39-50(40-32-46)65(51-41-33-47(34-42-51)55-22-12-23-59-58-19-6-9-26-62(58)67-64(55)59)49-35-27-43(28-36-49)44-29-37-52(38-30-44)66-60-24-7-4-17-56(60)57-18-5-8-25-61(57)66/h1-42H. The van der Waals surface area contributed by atoms with E-state index in [4.69, 9.17) is 0 Å². The SMILES string of the molecule is c1ccc(-c2cccc3cccc(-c4ccc(N(c5ccc(-c6ccc(-n7c8ccccc8c8ccccc87)cc6)cc5)c5ccc(-c6cccc7c6sc6ccccc67)cc5)cc4)c23)cc1. The Balaban J connectivity index is 0.879. The molecule has 3 heteroatoms. The van der Waals surface area contributed by atoms with Crippen LogP contribution in [0.5, 0.6) is 0 Å². The third-order valence-electron chi connectivity index (χ3n) is 13.4. The van der Waals surface area contributed by atoms with Crippen LogP contribution < -0.4 is 4.90 Å². The smallest absolute Gasteiger partial charge is 0.0541 e. The molecule has 2 aromatic heterocycles. The van der Waals surface area contributed by atoms with E-state index in [1.54, 1.807) is 0 Å². The van der Waals surface area contributed by atoms with Crippen molar-refractivity contribution in [3.8, 4) is 50.2 Å². The van der Waals surface area contributed by atoms with Crippen molar-refractivity contribution < 1.29 is 0 Å². The summed E-state index contributed by atoms with van der Waals surface area (Å²) in [5, 5.41) is 7.67. The minimum atomic E-state index is 1.09. The average Bonchev–Trinajstić information content (AvgIpc) is 3.96. The fourth-order valence-electron chi connectivity index (χ4n) is 10.2. The Kier molecular flexibility index (Phi) is 9.40. The van der Waals surface area contributed by atoms with Gasteiger partial charge >= 0.3 is 0 Å². The number of hydrogen-bond acceptors (Lipinski definition) is 2. The number of nitrogens with zero attached hydrogens (tertiary/aromatic N) is 2. The maximum Gasteiger partial charge on any atom is 0.0541 e. The molecule has 67 heavy (non-hydrogen) atoms. The summed E-state index contributed by atoms with van der Waals surface area (Å²) in [6.45, 7) is 0. The highest BCUT2D eigenvalue weighted by atomic mass is 32.1. The molecular formula is C64H42N2S. The van der Waals surface area contributed by atoms with Crippen molar-refractivity contribution in [2.75, 3.05) is 4.90 Å². The van der Waals surface area contributed by atoms with E-state index in [9.17, 15) is 0 Å². The number of rotatable bonds is 8. The number of anilines is 3. The van der Waals surface area contributed by atoms with E-state index in [1.807, 2.05) is 11.3 Å². The Morgan fingerprint density at radius 3 is 1.33 bits per heavy atom. The molecule has 2 nitrogen and oxygen atoms in total. The summed E-state index contributed by atoms with van der Waals surface area (Å²) in [4.78, 5) is 2.38. The Morgan fingerprint density at radius 2 is 0.731 bits per heavy atom. The van der Waals surface area contributed by atoms with Crippen LogP contribution in [0.3, 0.4) is 0 Å². The van der Waals surface area contributed by atoms with Gasteiger partial charge in [-0.15, -0.1) is 11.3 Å². The van der Waals surface area contributed by atoms with Gasteiger partial charge < -0.3 is 9.47 Å². The highest BCUT2D eigenvalue weighted by molar-refractivity contribution is 7.26. The van der Waals surface area contributed by atoms with E-state index in [0.29, 0.717) is 0 Å². The number of hydrogen-bond donors (Lipinski definition) is 0. The molecule has 13 rings (SSSR count). The van der Waals surface area contributed by atoms with Crippen LogP contribution in [0.15, 0.2) is 255 Å². The lowest BCUT2D eigenvalue weighted by Crippen LogP contribution is -2.09. The molecule has 0 aliphatic heterocycles. The maximum atomic E-state index is 2.38. The van der Waals surface area contributed by atoms with Crippen LogP contribution in [0.2, 0.25) is 0 Å². The maximum absolute atomic E-state index is 2.38. The molecule has 0 atom stereocenters. The van der Waals surface area contributed by atoms with Crippen molar-refractivity contribution in [1.29, 1.82) is 0 Å². The molecular weight excluding hydrogens is 829 g/mol. The molecule has 0 saturated carbocycles. The molecule has 0 spiro atoms. The zero-order valence-corrected chi connectivity index (χ0v) is 37.4. The van der Waals surface area contributed by atoms with Crippen molar-refractivity contribution in [1.82, 2.24) is 4.57 Å². The second-order valence-corrected chi connectivity index (χ2v) is 18.3. The van der Waals surface area contributed by atoms with Gasteiger partial charge in [-0.1, -0.05) is 188 Å². The highest BCUT2D eigenvalue weighted by Crippen LogP contribution is 2.43. The molecule has 13 aromatic rings. The molecule has 0 radical (unpaired) electrons. The van der Waals surface area contributed by atoms with Crippen LogP contribution in [0.4, 0.5) is 17.1 Å². The Morgan fingerprint density at radius 1 is 0.299 bits per heavy atom. The lowest BCUT2D eigenvalue weighted by molar-refractivity contribution is 1.18. The summed E-state index contributed by atoms with van der Waals surface area (Å²) >= 11 is 1.88. The molecule has 0 N–H and O–H groups in total. The van der Waals surface area contributed by atoms with Gasteiger partial charge in [-0.05, 0) is 122 Å². The number of aromatic nitrogens is 1. The molecule has 0 bridgehead atoms. The third kappa shape index (κ3) is 6.71. The minimum Gasteiger partial charge on any atom is -0.311 e. The summed E-state index contributed by atoms with van der Waals surface area (Å²) in [6, 6.07) is 93.0. The first-order chi connectivity index (χ1) is 33.2. The van der Waals surface area contributed by atoms with Crippen LogP contribution in [-0.2, 0) is 0 Å². The van der Waals surface area contributed by atoms with E-state index < -0.39 is 0 Å². The lowest BCUT2D eigenvalue weighted by Gasteiger charge is -2.26. The van der Waals surface area contributed by atoms with Gasteiger partial charge in [0.1, 0.15) is 0 Å². The van der Waals surface area contributed by atoms with Crippen LogP contribution in [0.25, 0.3) is 103 Å². The first-order valence-electron chi connectivity index (χ1n) is 22.9. The normalized spacial score (nSPS) is 11.6. The van der Waals surface area contributed by atoms with Gasteiger partial charge in [0.05, 0.1) is 11.0 Å². The number of para-hydroxylation sites is 2. The van der Waals surface area contributed by atoms with E-state index in [0.717, 1.165) is 22.7 Å². The van der Waals surface area contributed by atoms with Crippen LogP contribution in [0.1, 0.15) is 0 Å². The summed E-state index contributed by atoms with van der Waals surface area (Å²) in [5.74, 6) is 0. The van der Waals surface area contributed by atoms with Crippen molar-refractivity contribution in [3.05, 3.63) is 255 Å². The van der Waals surface area contributed by atoms with Gasteiger partial charge in [-0.2, -0.15) is 0 Å². The second kappa shape index (κ2) is 16.2. The van der Waals surface area contributed by atoms with E-state index in [2.05, 4.69) is 264 Å². The molecule has 2 heterocycles. The van der Waals surface area contributed by atoms with Crippen LogP contribution >= 0.6 is 11.3 Å². The number of benzene rings is 11. The molecule has 0 amide bonds. The fourth-order valence-corrected chi connectivity index (χ4v) is 11.5. The van der Waals surface area contributed by atoms with Crippen molar-refractivity contribution in [2.45, 2.75) is 0 Å². The van der Waals surface area contributed by atoms with Crippen LogP contribution in [-0.4, -0.2) is 4.57 Å². The topological polar surface area (TPSA) is 8.17 Å². The summed E-state index contributed by atoms with van der Waals surface area (Å²) in [6.07, 6.45) is 0. The molecule has 0 aliphatic carbocycles. The van der Waals surface area contributed by atoms with E-state index in [-0.39, 0.29) is 0 Å². The Labute approximate surface area is 393 Å². The minimum absolute atomic E-state index is 1.09. The zero-order chi connectivity index (χ0) is 44.3. The summed E-state index contributed by atoms with van der Waals surface area (Å²) in [7, 11) is 0. The molecule has 0 saturated heterocycles. The average molecular weight is 871 g/mol. The predicted octanol–water partition coefficient (Wildman–Crippen LogP) is 18.4. The number of thiophene rings is 1. The molecule has 0 unspecified atom stereocenters. The van der Waals surface area contributed by atoms with Gasteiger partial charge in [0.25, 0.3) is 0 Å². The van der Waals surface area contributed by atoms with E-state index >= 15 is 0 Å². The first kappa shape index (κ1) is 38.9.